The van der Waals surface area contributed by atoms with E-state index in [2.05, 4.69) is 32.2 Å². The van der Waals surface area contributed by atoms with Crippen molar-refractivity contribution >= 4 is 6.09 Å². The maximum absolute atomic E-state index is 11.1. The number of carbonyl (C=O) groups is 1. The maximum atomic E-state index is 11.1. The smallest absolute Gasteiger partial charge is 0.410 e. The van der Waals surface area contributed by atoms with E-state index < -0.39 is 6.09 Å². The number of rotatable bonds is 4. The Balaban J connectivity index is 2.89. The molecule has 0 heterocycles. The Morgan fingerprint density at radius 3 is 2.71 bits per heavy atom. The van der Waals surface area contributed by atoms with Gasteiger partial charge in [-0.3, -0.25) is 0 Å². The summed E-state index contributed by atoms with van der Waals surface area (Å²) >= 11 is 0. The summed E-state index contributed by atoms with van der Waals surface area (Å²) in [5, 5.41) is 2.44. The van der Waals surface area contributed by atoms with Crippen LogP contribution in [0.4, 0.5) is 4.79 Å². The summed E-state index contributed by atoms with van der Waals surface area (Å²) in [5.74, 6) is 0.589. The number of hydrogen-bond acceptors (Lipinski definition) is 2. The maximum Gasteiger partial charge on any atom is 0.412 e. The second-order valence-electron chi connectivity index (χ2n) is 4.80. The van der Waals surface area contributed by atoms with Gasteiger partial charge in [0.2, 0.25) is 0 Å². The van der Waals surface area contributed by atoms with Crippen LogP contribution in [-0.2, 0) is 5.41 Å². The highest BCUT2D eigenvalue weighted by molar-refractivity contribution is 5.69. The van der Waals surface area contributed by atoms with Crippen LogP contribution in [-0.4, -0.2) is 13.1 Å². The van der Waals surface area contributed by atoms with Crippen LogP contribution >= 0.6 is 0 Å². The van der Waals surface area contributed by atoms with Crippen molar-refractivity contribution in [3.63, 3.8) is 0 Å². The zero-order chi connectivity index (χ0) is 12.9. The van der Waals surface area contributed by atoms with Crippen LogP contribution in [0.1, 0.15) is 39.2 Å². The summed E-state index contributed by atoms with van der Waals surface area (Å²) in [6, 6.07) is 7.73. The lowest BCUT2D eigenvalue weighted by atomic mass is 9.81. The van der Waals surface area contributed by atoms with Crippen LogP contribution in [0.15, 0.2) is 24.3 Å². The molecule has 0 aliphatic rings. The number of nitrogens with one attached hydrogen (secondary N) is 1. The standard InChI is InChI=1S/C14H21NO2/c1-5-9-14(2,3)11-7-6-8-12(10-11)17-13(16)15-4/h6-8,10H,5,9H2,1-4H3,(H,15,16). The molecule has 1 aromatic rings. The first-order chi connectivity index (χ1) is 7.99. The van der Waals surface area contributed by atoms with Crippen molar-refractivity contribution in [3.05, 3.63) is 29.8 Å². The van der Waals surface area contributed by atoms with Crippen LogP contribution in [0.3, 0.4) is 0 Å². The molecule has 1 N–H and O–H groups in total. The first-order valence-electron chi connectivity index (χ1n) is 5.99. The molecular weight excluding hydrogens is 214 g/mol. The Morgan fingerprint density at radius 1 is 1.41 bits per heavy atom. The number of carbonyl (C=O) groups excluding carboxylic acids is 1. The zero-order valence-electron chi connectivity index (χ0n) is 11.0. The van der Waals surface area contributed by atoms with Crippen LogP contribution in [0.25, 0.3) is 0 Å². The van der Waals surface area contributed by atoms with Gasteiger partial charge in [0.1, 0.15) is 5.75 Å². The van der Waals surface area contributed by atoms with Crippen molar-refractivity contribution in [1.29, 1.82) is 0 Å². The van der Waals surface area contributed by atoms with E-state index in [0.29, 0.717) is 5.75 Å². The quantitative estimate of drug-likeness (QED) is 0.867. The molecule has 1 rings (SSSR count). The monoisotopic (exact) mass is 235 g/mol. The summed E-state index contributed by atoms with van der Waals surface area (Å²) in [6.07, 6.45) is 1.81. The topological polar surface area (TPSA) is 38.3 Å². The van der Waals surface area contributed by atoms with Gasteiger partial charge in [0.15, 0.2) is 0 Å². The van der Waals surface area contributed by atoms with E-state index in [1.54, 1.807) is 13.1 Å². The Bertz CT molecular complexity index is 386. The summed E-state index contributed by atoms with van der Waals surface area (Å²) in [4.78, 5) is 11.1. The van der Waals surface area contributed by atoms with E-state index in [0.717, 1.165) is 12.8 Å². The minimum Gasteiger partial charge on any atom is -0.410 e. The third-order valence-electron chi connectivity index (χ3n) is 2.91. The van der Waals surface area contributed by atoms with E-state index >= 15 is 0 Å². The lowest BCUT2D eigenvalue weighted by Crippen LogP contribution is -2.22. The zero-order valence-corrected chi connectivity index (χ0v) is 11.0. The molecule has 0 aliphatic carbocycles. The Hall–Kier alpha value is -1.51. The van der Waals surface area contributed by atoms with E-state index in [4.69, 9.17) is 4.74 Å². The highest BCUT2D eigenvalue weighted by Crippen LogP contribution is 2.30. The molecule has 94 valence electrons. The van der Waals surface area contributed by atoms with E-state index in [9.17, 15) is 4.79 Å². The fraction of sp³-hybridized carbons (Fsp3) is 0.500. The number of amides is 1. The minimum absolute atomic E-state index is 0.108. The van der Waals surface area contributed by atoms with Crippen LogP contribution < -0.4 is 10.1 Å². The van der Waals surface area contributed by atoms with Crippen molar-refractivity contribution < 1.29 is 9.53 Å². The average Bonchev–Trinajstić information content (AvgIpc) is 2.29. The third kappa shape index (κ3) is 3.77. The molecule has 0 radical (unpaired) electrons. The lowest BCUT2D eigenvalue weighted by Gasteiger charge is -2.25. The Kier molecular flexibility index (Phi) is 4.55. The van der Waals surface area contributed by atoms with Gasteiger partial charge in [0, 0.05) is 7.05 Å². The molecule has 1 amide bonds. The SMILES string of the molecule is CCCC(C)(C)c1cccc(OC(=O)NC)c1. The molecule has 0 aliphatic heterocycles. The van der Waals surface area contributed by atoms with Crippen LogP contribution in [0, 0.1) is 0 Å². The van der Waals surface area contributed by atoms with E-state index in [1.165, 1.54) is 5.56 Å². The van der Waals surface area contributed by atoms with Gasteiger partial charge in [0.25, 0.3) is 0 Å². The fourth-order valence-electron chi connectivity index (χ4n) is 1.91. The number of benzene rings is 1. The van der Waals surface area contributed by atoms with Gasteiger partial charge < -0.3 is 10.1 Å². The minimum atomic E-state index is -0.435. The predicted molar refractivity (Wildman–Crippen MR) is 69.5 cm³/mol. The number of hydrogen-bond donors (Lipinski definition) is 1. The van der Waals surface area contributed by atoms with Crippen molar-refractivity contribution in [2.45, 2.75) is 39.0 Å². The van der Waals surface area contributed by atoms with E-state index in [-0.39, 0.29) is 5.41 Å². The molecule has 0 saturated heterocycles. The normalized spacial score (nSPS) is 11.1. The number of ether oxygens (including phenoxy) is 1. The van der Waals surface area contributed by atoms with Gasteiger partial charge in [-0.2, -0.15) is 0 Å². The van der Waals surface area contributed by atoms with Crippen molar-refractivity contribution in [1.82, 2.24) is 5.32 Å². The molecule has 0 atom stereocenters. The van der Waals surface area contributed by atoms with Gasteiger partial charge in [-0.15, -0.1) is 0 Å². The summed E-state index contributed by atoms with van der Waals surface area (Å²) in [5.41, 5.74) is 1.30. The van der Waals surface area contributed by atoms with Crippen molar-refractivity contribution in [3.8, 4) is 5.75 Å². The summed E-state index contributed by atoms with van der Waals surface area (Å²) in [6.45, 7) is 6.58. The molecule has 3 heteroatoms. The molecule has 0 bridgehead atoms. The van der Waals surface area contributed by atoms with Gasteiger partial charge >= 0.3 is 6.09 Å². The average molecular weight is 235 g/mol. The molecule has 17 heavy (non-hydrogen) atoms. The molecule has 0 unspecified atom stereocenters. The van der Waals surface area contributed by atoms with Crippen molar-refractivity contribution in [2.75, 3.05) is 7.05 Å². The summed E-state index contributed by atoms with van der Waals surface area (Å²) in [7, 11) is 1.55. The van der Waals surface area contributed by atoms with Gasteiger partial charge in [-0.1, -0.05) is 39.3 Å². The molecule has 0 aromatic heterocycles. The van der Waals surface area contributed by atoms with Gasteiger partial charge in [-0.05, 0) is 29.5 Å². The largest absolute Gasteiger partial charge is 0.412 e. The van der Waals surface area contributed by atoms with Crippen molar-refractivity contribution in [2.24, 2.45) is 0 Å². The van der Waals surface area contributed by atoms with Crippen LogP contribution in [0.5, 0.6) is 5.75 Å². The fourth-order valence-corrected chi connectivity index (χ4v) is 1.91. The Labute approximate surface area is 103 Å². The second-order valence-corrected chi connectivity index (χ2v) is 4.80. The lowest BCUT2D eigenvalue weighted by molar-refractivity contribution is 0.203. The molecule has 1 aromatic carbocycles. The molecule has 0 saturated carbocycles. The Morgan fingerprint density at radius 2 is 2.12 bits per heavy atom. The highest BCUT2D eigenvalue weighted by Gasteiger charge is 2.19. The first kappa shape index (κ1) is 13.6. The van der Waals surface area contributed by atoms with Gasteiger partial charge in [0.05, 0.1) is 0 Å². The molecule has 0 fully saturated rings. The highest BCUT2D eigenvalue weighted by atomic mass is 16.5. The first-order valence-corrected chi connectivity index (χ1v) is 5.99. The predicted octanol–water partition coefficient (Wildman–Crippen LogP) is 3.48. The molecule has 0 spiro atoms. The molecular formula is C14H21NO2. The van der Waals surface area contributed by atoms with Crippen LogP contribution in [0.2, 0.25) is 0 Å². The third-order valence-corrected chi connectivity index (χ3v) is 2.91. The van der Waals surface area contributed by atoms with E-state index in [1.807, 2.05) is 12.1 Å². The summed E-state index contributed by atoms with van der Waals surface area (Å²) < 4.78 is 5.13. The second kappa shape index (κ2) is 5.71. The van der Waals surface area contributed by atoms with Gasteiger partial charge in [-0.25, -0.2) is 4.79 Å². The molecule has 3 nitrogen and oxygen atoms in total.